The molecule has 2 N–H and O–H groups in total. The molecule has 2 heterocycles. The number of aromatic nitrogens is 4. The summed E-state index contributed by atoms with van der Waals surface area (Å²) in [5.74, 6) is 0. The molecule has 10 heavy (non-hydrogen) atoms. The first-order chi connectivity index (χ1) is 5.00. The average Bonchev–Trinajstić information content (AvgIpc) is 2.67. The molecule has 0 radical (unpaired) electrons. The number of hydrogen-bond donors (Lipinski definition) is 1. The Morgan fingerprint density at radius 1 is 1.50 bits per heavy atom. The van der Waals surface area contributed by atoms with Crippen LogP contribution >= 0.6 is 0 Å². The molecule has 0 amide bonds. The summed E-state index contributed by atoms with van der Waals surface area (Å²) in [6, 6.07) is 0. The molecule has 2 rings (SSSR count). The second-order valence-electron chi connectivity index (χ2n) is 1.52. The van der Waals surface area contributed by atoms with Gasteiger partial charge < -0.3 is 9.97 Å². The standard InChI is InChI=1S/C3H4N2.C3H3N2/c2*1-2-5-3-4-1/h1-3H,(H,4,5);1-3H/q;-1/p+1. The number of H-pyrrole nitrogens is 2. The highest BCUT2D eigenvalue weighted by atomic mass is 14.8. The SMILES string of the molecule is c1c[n-]cn1.c1c[nH+]c[nH]1. The zero-order valence-corrected chi connectivity index (χ0v) is 5.36. The predicted octanol–water partition coefficient (Wildman–Crippen LogP) is -0.132. The van der Waals surface area contributed by atoms with E-state index in [0.717, 1.165) is 0 Å². The van der Waals surface area contributed by atoms with Crippen LogP contribution in [0.5, 0.6) is 0 Å². The summed E-state index contributed by atoms with van der Waals surface area (Å²) in [5, 5.41) is 0. The Balaban J connectivity index is 0.0000001000. The third-order valence-electron chi connectivity index (χ3n) is 0.815. The van der Waals surface area contributed by atoms with Crippen molar-refractivity contribution in [1.82, 2.24) is 15.0 Å². The van der Waals surface area contributed by atoms with Crippen molar-refractivity contribution in [2.75, 3.05) is 0 Å². The van der Waals surface area contributed by atoms with Crippen LogP contribution in [0, 0.1) is 0 Å². The van der Waals surface area contributed by atoms with Crippen LogP contribution in [0.3, 0.4) is 0 Å². The minimum atomic E-state index is 1.50. The summed E-state index contributed by atoms with van der Waals surface area (Å²) in [7, 11) is 0. The molecular weight excluding hydrogens is 128 g/mol. The van der Waals surface area contributed by atoms with E-state index in [0.29, 0.717) is 0 Å². The van der Waals surface area contributed by atoms with Gasteiger partial charge in [0.2, 0.25) is 6.33 Å². The number of aromatic amines is 2. The largest absolute Gasteiger partial charge is 0.450 e. The first kappa shape index (κ1) is 6.54. The Labute approximate surface area is 58.4 Å². The normalized spacial score (nSPS) is 8.00. The van der Waals surface area contributed by atoms with Crippen LogP contribution in [-0.2, 0) is 0 Å². The molecule has 0 saturated carbocycles. The molecule has 0 spiro atoms. The minimum Gasteiger partial charge on any atom is -0.450 e. The van der Waals surface area contributed by atoms with Crippen molar-refractivity contribution >= 4 is 0 Å². The highest BCUT2D eigenvalue weighted by Gasteiger charge is 1.65. The predicted molar refractivity (Wildman–Crippen MR) is 34.9 cm³/mol. The van der Waals surface area contributed by atoms with E-state index in [1.807, 2.05) is 12.4 Å². The molecule has 0 aromatic carbocycles. The Hall–Kier alpha value is -1.58. The summed E-state index contributed by atoms with van der Waals surface area (Å²) in [4.78, 5) is 12.8. The fourth-order valence-electron chi connectivity index (χ4n) is 0.433. The van der Waals surface area contributed by atoms with Gasteiger partial charge >= 0.3 is 0 Å². The second kappa shape index (κ2) is 4.31. The monoisotopic (exact) mass is 136 g/mol. The Morgan fingerprint density at radius 2 is 2.50 bits per heavy atom. The average molecular weight is 136 g/mol. The maximum atomic E-state index is 3.61. The minimum absolute atomic E-state index is 1.50. The Kier molecular flexibility index (Phi) is 2.82. The van der Waals surface area contributed by atoms with Crippen molar-refractivity contribution < 1.29 is 4.98 Å². The van der Waals surface area contributed by atoms with Crippen molar-refractivity contribution in [3.63, 3.8) is 0 Å². The number of imidazole rings is 2. The fraction of sp³-hybridized carbons (Fsp3) is 0. The van der Waals surface area contributed by atoms with Crippen LogP contribution in [-0.4, -0.2) is 9.97 Å². The summed E-state index contributed by atoms with van der Waals surface area (Å²) in [6.45, 7) is 0. The van der Waals surface area contributed by atoms with Crippen molar-refractivity contribution in [2.45, 2.75) is 0 Å². The van der Waals surface area contributed by atoms with Crippen molar-refractivity contribution in [3.05, 3.63) is 37.4 Å². The molecule has 0 bridgehead atoms. The molecule has 0 atom stereocenters. The van der Waals surface area contributed by atoms with Gasteiger partial charge in [-0.05, 0) is 0 Å². The van der Waals surface area contributed by atoms with E-state index in [1.165, 1.54) is 6.33 Å². The van der Waals surface area contributed by atoms with E-state index < -0.39 is 0 Å². The summed E-state index contributed by atoms with van der Waals surface area (Å²) < 4.78 is 0. The van der Waals surface area contributed by atoms with Crippen molar-refractivity contribution in [1.29, 1.82) is 0 Å². The third-order valence-corrected chi connectivity index (χ3v) is 0.815. The number of rotatable bonds is 0. The molecule has 0 aliphatic rings. The number of hydrogen-bond acceptors (Lipinski definition) is 1. The zero-order chi connectivity index (χ0) is 7.07. The Bertz CT molecular complexity index is 149. The van der Waals surface area contributed by atoms with Gasteiger partial charge in [0.1, 0.15) is 12.4 Å². The first-order valence-corrected chi connectivity index (χ1v) is 2.85. The fourth-order valence-corrected chi connectivity index (χ4v) is 0.433. The van der Waals surface area contributed by atoms with Gasteiger partial charge in [0.15, 0.2) is 0 Å². The van der Waals surface area contributed by atoms with Gasteiger partial charge in [-0.3, -0.25) is 9.97 Å². The van der Waals surface area contributed by atoms with Crippen LogP contribution in [0.4, 0.5) is 0 Å². The van der Waals surface area contributed by atoms with E-state index in [-0.39, 0.29) is 0 Å². The first-order valence-electron chi connectivity index (χ1n) is 2.85. The van der Waals surface area contributed by atoms with Crippen LogP contribution in [0.2, 0.25) is 0 Å². The molecule has 2 aromatic heterocycles. The lowest BCUT2D eigenvalue weighted by Crippen LogP contribution is -1.87. The van der Waals surface area contributed by atoms with Crippen LogP contribution in [0.1, 0.15) is 0 Å². The summed E-state index contributed by atoms with van der Waals surface area (Å²) in [6.07, 6.45) is 10.2. The molecule has 2 aromatic rings. The van der Waals surface area contributed by atoms with E-state index in [1.54, 1.807) is 18.7 Å². The number of nitrogens with one attached hydrogen (secondary N) is 2. The Morgan fingerprint density at radius 3 is 2.70 bits per heavy atom. The van der Waals surface area contributed by atoms with Crippen LogP contribution in [0.25, 0.3) is 0 Å². The molecule has 0 saturated heterocycles. The lowest BCUT2D eigenvalue weighted by molar-refractivity contribution is -0.375. The highest BCUT2D eigenvalue weighted by molar-refractivity contribution is 4.64. The van der Waals surface area contributed by atoms with Gasteiger partial charge in [0.25, 0.3) is 0 Å². The maximum Gasteiger partial charge on any atom is 0.239 e. The molecule has 52 valence electrons. The molecule has 4 nitrogen and oxygen atoms in total. The molecule has 0 aliphatic heterocycles. The highest BCUT2D eigenvalue weighted by Crippen LogP contribution is 1.60. The van der Waals surface area contributed by atoms with Gasteiger partial charge in [-0.1, -0.05) is 18.7 Å². The lowest BCUT2D eigenvalue weighted by atomic mass is 11.0. The second-order valence-corrected chi connectivity index (χ2v) is 1.52. The number of nitrogens with zero attached hydrogens (tertiary/aromatic N) is 2. The van der Waals surface area contributed by atoms with E-state index >= 15 is 0 Å². The van der Waals surface area contributed by atoms with Gasteiger partial charge in [-0.25, -0.2) is 0 Å². The van der Waals surface area contributed by atoms with Gasteiger partial charge in [-0.2, -0.15) is 0 Å². The lowest BCUT2D eigenvalue weighted by Gasteiger charge is -1.61. The van der Waals surface area contributed by atoms with Gasteiger partial charge in [0, 0.05) is 0 Å². The van der Waals surface area contributed by atoms with E-state index in [2.05, 4.69) is 19.9 Å². The van der Waals surface area contributed by atoms with Crippen molar-refractivity contribution in [2.24, 2.45) is 0 Å². The quantitative estimate of drug-likeness (QED) is 0.548. The van der Waals surface area contributed by atoms with Crippen molar-refractivity contribution in [3.8, 4) is 0 Å². The summed E-state index contributed by atoms with van der Waals surface area (Å²) in [5.41, 5.74) is 0. The third kappa shape index (κ3) is 2.66. The van der Waals surface area contributed by atoms with Gasteiger partial charge in [0.05, 0.1) is 0 Å². The zero-order valence-electron chi connectivity index (χ0n) is 5.36. The summed E-state index contributed by atoms with van der Waals surface area (Å²) >= 11 is 0. The topological polar surface area (TPSA) is 56.9 Å². The maximum absolute atomic E-state index is 3.61. The molecular formula is C6H8N4. The van der Waals surface area contributed by atoms with Crippen LogP contribution in [0.15, 0.2) is 37.4 Å². The van der Waals surface area contributed by atoms with E-state index in [4.69, 9.17) is 0 Å². The molecule has 0 unspecified atom stereocenters. The molecule has 0 aliphatic carbocycles. The van der Waals surface area contributed by atoms with Gasteiger partial charge in [-0.15, -0.1) is 0 Å². The molecule has 0 fully saturated rings. The van der Waals surface area contributed by atoms with Crippen LogP contribution < -0.4 is 9.97 Å². The molecule has 4 heteroatoms. The smallest absolute Gasteiger partial charge is 0.239 e. The van der Waals surface area contributed by atoms with E-state index in [9.17, 15) is 0 Å².